The van der Waals surface area contributed by atoms with Crippen LogP contribution in [0.1, 0.15) is 35.1 Å². The van der Waals surface area contributed by atoms with Gasteiger partial charge in [-0.2, -0.15) is 15.0 Å². The number of amides is 1. The minimum Gasteiger partial charge on any atom is -0.340 e. The Hall–Kier alpha value is -3.20. The molecule has 0 radical (unpaired) electrons. The summed E-state index contributed by atoms with van der Waals surface area (Å²) >= 11 is 1.64. The van der Waals surface area contributed by atoms with Crippen molar-refractivity contribution in [2.24, 2.45) is 0 Å². The number of likely N-dealkylation sites (tertiary alicyclic amines) is 1. The van der Waals surface area contributed by atoms with Crippen molar-refractivity contribution in [2.75, 3.05) is 12.8 Å². The van der Waals surface area contributed by atoms with Crippen LogP contribution in [0.15, 0.2) is 53.7 Å². The fourth-order valence-electron chi connectivity index (χ4n) is 3.99. The van der Waals surface area contributed by atoms with Crippen LogP contribution in [0.25, 0.3) is 16.7 Å². The fraction of sp³-hybridized carbons (Fsp3) is 0.238. The first-order chi connectivity index (χ1) is 14.7. The van der Waals surface area contributed by atoms with Crippen molar-refractivity contribution in [2.45, 2.75) is 23.8 Å². The van der Waals surface area contributed by atoms with Gasteiger partial charge in [-0.25, -0.2) is 9.37 Å². The molecule has 5 rings (SSSR count). The van der Waals surface area contributed by atoms with Crippen molar-refractivity contribution in [3.8, 4) is 5.69 Å². The summed E-state index contributed by atoms with van der Waals surface area (Å²) in [5.41, 5.74) is 2.54. The standard InChI is InChI=1S/C21H19FN6OS/c1-30-18-6-2-4-15-19(18)26-20(25-15)17-5-3-11-27(17)21(29)14-12-13(22)7-8-16(14)28-23-9-10-24-28/h2,4,6-10,12,17H,3,5,11H2,1H3,(H,25,26)/t17-/m0/s1. The first-order valence-electron chi connectivity index (χ1n) is 9.65. The van der Waals surface area contributed by atoms with Crippen LogP contribution >= 0.6 is 11.8 Å². The van der Waals surface area contributed by atoms with Crippen LogP contribution in [0, 0.1) is 5.82 Å². The summed E-state index contributed by atoms with van der Waals surface area (Å²) < 4.78 is 14.0. The van der Waals surface area contributed by atoms with E-state index in [0.717, 1.165) is 34.6 Å². The molecule has 1 saturated heterocycles. The van der Waals surface area contributed by atoms with E-state index in [9.17, 15) is 9.18 Å². The fourth-order valence-corrected chi connectivity index (χ4v) is 4.55. The maximum absolute atomic E-state index is 14.0. The molecular weight excluding hydrogens is 403 g/mol. The van der Waals surface area contributed by atoms with Gasteiger partial charge in [-0.05, 0) is 49.4 Å². The van der Waals surface area contributed by atoms with Crippen LogP contribution in [0.2, 0.25) is 0 Å². The zero-order valence-corrected chi connectivity index (χ0v) is 17.1. The predicted octanol–water partition coefficient (Wildman–Crippen LogP) is 3.98. The average molecular weight is 422 g/mol. The smallest absolute Gasteiger partial charge is 0.256 e. The molecule has 152 valence electrons. The normalized spacial score (nSPS) is 16.5. The number of aromatic nitrogens is 5. The third kappa shape index (κ3) is 3.15. The minimum absolute atomic E-state index is 0.193. The van der Waals surface area contributed by atoms with E-state index in [2.05, 4.69) is 15.2 Å². The van der Waals surface area contributed by atoms with Gasteiger partial charge in [-0.3, -0.25) is 4.79 Å². The maximum atomic E-state index is 14.0. The van der Waals surface area contributed by atoms with Crippen molar-refractivity contribution < 1.29 is 9.18 Å². The molecule has 3 heterocycles. The number of benzene rings is 2. The van der Waals surface area contributed by atoms with Crippen molar-refractivity contribution in [1.82, 2.24) is 29.9 Å². The Morgan fingerprint density at radius 3 is 2.87 bits per heavy atom. The van der Waals surface area contributed by atoms with Gasteiger partial charge in [-0.1, -0.05) is 6.07 Å². The van der Waals surface area contributed by atoms with Crippen molar-refractivity contribution in [1.29, 1.82) is 0 Å². The molecule has 30 heavy (non-hydrogen) atoms. The Morgan fingerprint density at radius 2 is 2.07 bits per heavy atom. The second-order valence-electron chi connectivity index (χ2n) is 7.12. The monoisotopic (exact) mass is 422 g/mol. The molecule has 0 bridgehead atoms. The molecule has 1 amide bonds. The zero-order chi connectivity index (χ0) is 20.7. The summed E-state index contributed by atoms with van der Waals surface area (Å²) in [5.74, 6) is 0.0284. The molecule has 0 aliphatic carbocycles. The molecule has 0 spiro atoms. The molecule has 9 heteroatoms. The van der Waals surface area contributed by atoms with Crippen LogP contribution in [0.5, 0.6) is 0 Å². The summed E-state index contributed by atoms with van der Waals surface area (Å²) in [6.45, 7) is 0.582. The molecule has 1 aliphatic heterocycles. The summed E-state index contributed by atoms with van der Waals surface area (Å²) in [7, 11) is 0. The van der Waals surface area contributed by atoms with Gasteiger partial charge in [0, 0.05) is 11.4 Å². The van der Waals surface area contributed by atoms with Crippen molar-refractivity contribution >= 4 is 28.7 Å². The molecule has 0 unspecified atom stereocenters. The molecule has 1 N–H and O–H groups in total. The molecule has 2 aromatic heterocycles. The lowest BCUT2D eigenvalue weighted by Crippen LogP contribution is -2.32. The van der Waals surface area contributed by atoms with Crippen LogP contribution in [0.4, 0.5) is 4.39 Å². The number of hydrogen-bond donors (Lipinski definition) is 1. The molecule has 1 atom stereocenters. The highest BCUT2D eigenvalue weighted by Gasteiger charge is 2.34. The van der Waals surface area contributed by atoms with Crippen molar-refractivity contribution in [3.05, 3.63) is 66.0 Å². The third-order valence-electron chi connectivity index (χ3n) is 5.37. The number of nitrogens with zero attached hydrogens (tertiary/aromatic N) is 5. The molecular formula is C21H19FN6OS. The maximum Gasteiger partial charge on any atom is 0.256 e. The first kappa shape index (κ1) is 18.8. The van der Waals surface area contributed by atoms with E-state index in [-0.39, 0.29) is 17.5 Å². The van der Waals surface area contributed by atoms with Crippen LogP contribution < -0.4 is 0 Å². The lowest BCUT2D eigenvalue weighted by Gasteiger charge is -2.24. The lowest BCUT2D eigenvalue weighted by atomic mass is 10.1. The van der Waals surface area contributed by atoms with Gasteiger partial charge in [0.05, 0.1) is 35.2 Å². The van der Waals surface area contributed by atoms with Gasteiger partial charge in [0.2, 0.25) is 0 Å². The third-order valence-corrected chi connectivity index (χ3v) is 6.14. The topological polar surface area (TPSA) is 79.7 Å². The number of hydrogen-bond acceptors (Lipinski definition) is 5. The van der Waals surface area contributed by atoms with E-state index in [1.807, 2.05) is 24.5 Å². The predicted molar refractivity (Wildman–Crippen MR) is 112 cm³/mol. The highest BCUT2D eigenvalue weighted by Crippen LogP contribution is 2.35. The summed E-state index contributed by atoms with van der Waals surface area (Å²) in [4.78, 5) is 25.9. The molecule has 2 aromatic carbocycles. The van der Waals surface area contributed by atoms with Gasteiger partial charge in [0.1, 0.15) is 17.2 Å². The Kier molecular flexibility index (Phi) is 4.74. The Labute approximate surface area is 176 Å². The number of fused-ring (bicyclic) bond motifs is 1. The van der Waals surface area contributed by atoms with Crippen molar-refractivity contribution in [3.63, 3.8) is 0 Å². The number of para-hydroxylation sites is 1. The number of H-pyrrole nitrogens is 1. The highest BCUT2D eigenvalue weighted by molar-refractivity contribution is 7.98. The molecule has 1 fully saturated rings. The molecule has 4 aromatic rings. The van der Waals surface area contributed by atoms with E-state index in [4.69, 9.17) is 4.98 Å². The Balaban J connectivity index is 1.53. The van der Waals surface area contributed by atoms with Gasteiger partial charge >= 0.3 is 0 Å². The van der Waals surface area contributed by atoms with E-state index in [0.29, 0.717) is 12.2 Å². The number of carbonyl (C=O) groups is 1. The quantitative estimate of drug-likeness (QED) is 0.503. The Morgan fingerprint density at radius 1 is 1.23 bits per heavy atom. The zero-order valence-electron chi connectivity index (χ0n) is 16.2. The van der Waals surface area contributed by atoms with Crippen LogP contribution in [-0.4, -0.2) is 48.6 Å². The molecule has 1 aliphatic rings. The van der Waals surface area contributed by atoms with Gasteiger partial charge < -0.3 is 9.88 Å². The second kappa shape index (κ2) is 7.56. The van der Waals surface area contributed by atoms with E-state index >= 15 is 0 Å². The number of aromatic amines is 1. The summed E-state index contributed by atoms with van der Waals surface area (Å²) in [6, 6.07) is 9.90. The van der Waals surface area contributed by atoms with E-state index in [1.54, 1.807) is 16.7 Å². The largest absolute Gasteiger partial charge is 0.340 e. The average Bonchev–Trinajstić information content (AvgIpc) is 3.52. The number of thioether (sulfide) groups is 1. The van der Waals surface area contributed by atoms with E-state index < -0.39 is 5.82 Å². The summed E-state index contributed by atoms with van der Waals surface area (Å²) in [6.07, 6.45) is 6.71. The van der Waals surface area contributed by atoms with Crippen LogP contribution in [-0.2, 0) is 0 Å². The number of halogens is 1. The van der Waals surface area contributed by atoms with Gasteiger partial charge in [0.25, 0.3) is 5.91 Å². The Bertz CT molecular complexity index is 1220. The number of imidazole rings is 1. The summed E-state index contributed by atoms with van der Waals surface area (Å²) in [5, 5.41) is 8.20. The molecule has 7 nitrogen and oxygen atoms in total. The van der Waals surface area contributed by atoms with Gasteiger partial charge in [0.15, 0.2) is 0 Å². The number of carbonyl (C=O) groups excluding carboxylic acids is 1. The van der Waals surface area contributed by atoms with E-state index in [1.165, 1.54) is 35.4 Å². The minimum atomic E-state index is -0.474. The highest BCUT2D eigenvalue weighted by atomic mass is 32.2. The van der Waals surface area contributed by atoms with Gasteiger partial charge in [-0.15, -0.1) is 11.8 Å². The number of rotatable bonds is 4. The second-order valence-corrected chi connectivity index (χ2v) is 7.96. The molecule has 0 saturated carbocycles. The number of nitrogens with one attached hydrogen (secondary N) is 1. The first-order valence-corrected chi connectivity index (χ1v) is 10.9. The van der Waals surface area contributed by atoms with Crippen LogP contribution in [0.3, 0.4) is 0 Å². The lowest BCUT2D eigenvalue weighted by molar-refractivity contribution is 0.0729. The SMILES string of the molecule is CSc1cccc2[nH]c([C@@H]3CCCN3C(=O)c3cc(F)ccc3-n3nccn3)nc12.